The van der Waals surface area contributed by atoms with Crippen molar-refractivity contribution in [3.05, 3.63) is 29.6 Å². The van der Waals surface area contributed by atoms with Crippen molar-refractivity contribution in [3.63, 3.8) is 0 Å². The van der Waals surface area contributed by atoms with Gasteiger partial charge < -0.3 is 15.8 Å². The Morgan fingerprint density at radius 1 is 1.56 bits per heavy atom. The lowest BCUT2D eigenvalue weighted by molar-refractivity contribution is -0.120. The second-order valence-corrected chi connectivity index (χ2v) is 4.03. The molecule has 0 aliphatic heterocycles. The molecule has 1 atom stereocenters. The average molecular weight is 254 g/mol. The summed E-state index contributed by atoms with van der Waals surface area (Å²) in [5, 5.41) is 2.55. The van der Waals surface area contributed by atoms with Crippen LogP contribution in [0.15, 0.2) is 18.2 Å². The molecule has 0 spiro atoms. The molecule has 0 saturated heterocycles. The highest BCUT2D eigenvalue weighted by Gasteiger charge is 2.16. The van der Waals surface area contributed by atoms with Gasteiger partial charge in [0.15, 0.2) is 0 Å². The summed E-state index contributed by atoms with van der Waals surface area (Å²) in [6.45, 7) is 0.344. The number of ether oxygens (including phenoxy) is 1. The zero-order valence-corrected chi connectivity index (χ0v) is 10.7. The quantitative estimate of drug-likeness (QED) is 0.806. The largest absolute Gasteiger partial charge is 0.496 e. The molecule has 0 aliphatic carbocycles. The van der Waals surface area contributed by atoms with Crippen LogP contribution in [0.25, 0.3) is 0 Å². The molecule has 1 aromatic rings. The maximum Gasteiger partial charge on any atom is 0.219 e. The summed E-state index contributed by atoms with van der Waals surface area (Å²) in [5.41, 5.74) is 6.41. The SMILES string of the molecule is CNC(=O)CCC(CN)c1cc(F)ccc1OC. The predicted molar refractivity (Wildman–Crippen MR) is 68.0 cm³/mol. The van der Waals surface area contributed by atoms with Crippen LogP contribution in [0.2, 0.25) is 0 Å². The Balaban J connectivity index is 2.86. The van der Waals surface area contributed by atoms with Crippen LogP contribution in [0.1, 0.15) is 24.3 Å². The topological polar surface area (TPSA) is 64.4 Å². The molecule has 0 aliphatic rings. The van der Waals surface area contributed by atoms with Crippen molar-refractivity contribution in [1.29, 1.82) is 0 Å². The molecule has 18 heavy (non-hydrogen) atoms. The molecule has 5 heteroatoms. The van der Waals surface area contributed by atoms with Gasteiger partial charge in [-0.3, -0.25) is 4.79 Å². The van der Waals surface area contributed by atoms with E-state index in [1.54, 1.807) is 13.1 Å². The van der Waals surface area contributed by atoms with E-state index in [2.05, 4.69) is 5.32 Å². The number of carbonyl (C=O) groups is 1. The summed E-state index contributed by atoms with van der Waals surface area (Å²) >= 11 is 0. The van der Waals surface area contributed by atoms with Crippen LogP contribution in [-0.4, -0.2) is 26.6 Å². The van der Waals surface area contributed by atoms with Gasteiger partial charge in [-0.2, -0.15) is 0 Å². The van der Waals surface area contributed by atoms with E-state index in [0.29, 0.717) is 30.7 Å². The maximum atomic E-state index is 13.3. The molecule has 1 rings (SSSR count). The number of nitrogens with one attached hydrogen (secondary N) is 1. The monoisotopic (exact) mass is 254 g/mol. The predicted octanol–water partition coefficient (Wildman–Crippen LogP) is 1.40. The second-order valence-electron chi connectivity index (χ2n) is 4.03. The van der Waals surface area contributed by atoms with Crippen LogP contribution in [-0.2, 0) is 4.79 Å². The molecule has 0 heterocycles. The number of hydrogen-bond donors (Lipinski definition) is 2. The lowest BCUT2D eigenvalue weighted by atomic mass is 9.93. The minimum atomic E-state index is -0.329. The highest BCUT2D eigenvalue weighted by Crippen LogP contribution is 2.29. The van der Waals surface area contributed by atoms with E-state index in [-0.39, 0.29) is 17.6 Å². The first-order chi connectivity index (χ1) is 8.62. The lowest BCUT2D eigenvalue weighted by Crippen LogP contribution is -2.20. The molecule has 0 saturated carbocycles. The minimum Gasteiger partial charge on any atom is -0.496 e. The van der Waals surface area contributed by atoms with E-state index < -0.39 is 0 Å². The van der Waals surface area contributed by atoms with Crippen LogP contribution < -0.4 is 15.8 Å². The number of rotatable bonds is 6. The normalized spacial score (nSPS) is 12.0. The first-order valence-corrected chi connectivity index (χ1v) is 5.86. The molecule has 0 radical (unpaired) electrons. The van der Waals surface area contributed by atoms with E-state index >= 15 is 0 Å². The van der Waals surface area contributed by atoms with Crippen molar-refractivity contribution in [2.75, 3.05) is 20.7 Å². The smallest absolute Gasteiger partial charge is 0.219 e. The Labute approximate surface area is 106 Å². The van der Waals surface area contributed by atoms with Gasteiger partial charge in [-0.05, 0) is 31.2 Å². The van der Waals surface area contributed by atoms with Gasteiger partial charge in [0.05, 0.1) is 7.11 Å². The van der Waals surface area contributed by atoms with Gasteiger partial charge in [-0.25, -0.2) is 4.39 Å². The molecule has 1 amide bonds. The van der Waals surface area contributed by atoms with Crippen LogP contribution in [0.5, 0.6) is 5.75 Å². The molecule has 0 bridgehead atoms. The van der Waals surface area contributed by atoms with E-state index in [9.17, 15) is 9.18 Å². The molecule has 100 valence electrons. The second kappa shape index (κ2) is 6.96. The van der Waals surface area contributed by atoms with Gasteiger partial charge >= 0.3 is 0 Å². The molecule has 1 aromatic carbocycles. The summed E-state index contributed by atoms with van der Waals surface area (Å²) in [4.78, 5) is 11.2. The Kier molecular flexibility index (Phi) is 5.58. The Morgan fingerprint density at radius 3 is 2.83 bits per heavy atom. The lowest BCUT2D eigenvalue weighted by Gasteiger charge is -2.18. The van der Waals surface area contributed by atoms with Crippen molar-refractivity contribution >= 4 is 5.91 Å². The number of benzene rings is 1. The minimum absolute atomic E-state index is 0.0520. The van der Waals surface area contributed by atoms with Crippen molar-refractivity contribution in [2.45, 2.75) is 18.8 Å². The van der Waals surface area contributed by atoms with Crippen molar-refractivity contribution in [3.8, 4) is 5.75 Å². The fraction of sp³-hybridized carbons (Fsp3) is 0.462. The Hall–Kier alpha value is -1.62. The summed E-state index contributed by atoms with van der Waals surface area (Å²) in [6.07, 6.45) is 0.925. The van der Waals surface area contributed by atoms with Crippen LogP contribution in [0, 0.1) is 5.82 Å². The van der Waals surface area contributed by atoms with E-state index in [1.807, 2.05) is 0 Å². The Bertz CT molecular complexity index is 410. The van der Waals surface area contributed by atoms with Gasteiger partial charge in [0.25, 0.3) is 0 Å². The van der Waals surface area contributed by atoms with Crippen molar-refractivity contribution in [1.82, 2.24) is 5.32 Å². The number of carbonyl (C=O) groups excluding carboxylic acids is 1. The van der Waals surface area contributed by atoms with Crippen LogP contribution >= 0.6 is 0 Å². The van der Waals surface area contributed by atoms with Crippen molar-refractivity contribution < 1.29 is 13.9 Å². The third-order valence-corrected chi connectivity index (χ3v) is 2.91. The molecule has 0 fully saturated rings. The fourth-order valence-electron chi connectivity index (χ4n) is 1.85. The molecular weight excluding hydrogens is 235 g/mol. The molecule has 4 nitrogen and oxygen atoms in total. The standard InChI is InChI=1S/C13H19FN2O2/c1-16-13(17)6-3-9(8-15)11-7-10(14)4-5-12(11)18-2/h4-5,7,9H,3,6,8,15H2,1-2H3,(H,16,17). The van der Waals surface area contributed by atoms with Crippen LogP contribution in [0.4, 0.5) is 4.39 Å². The van der Waals surface area contributed by atoms with Gasteiger partial charge in [0.1, 0.15) is 11.6 Å². The third-order valence-electron chi connectivity index (χ3n) is 2.91. The summed E-state index contributed by atoms with van der Waals surface area (Å²) in [7, 11) is 3.12. The van der Waals surface area contributed by atoms with Gasteiger partial charge in [0.2, 0.25) is 5.91 Å². The molecule has 3 N–H and O–H groups in total. The van der Waals surface area contributed by atoms with Crippen LogP contribution in [0.3, 0.4) is 0 Å². The number of methoxy groups -OCH3 is 1. The van der Waals surface area contributed by atoms with Crippen molar-refractivity contribution in [2.24, 2.45) is 5.73 Å². The maximum absolute atomic E-state index is 13.3. The number of nitrogens with two attached hydrogens (primary N) is 1. The van der Waals surface area contributed by atoms with E-state index in [0.717, 1.165) is 0 Å². The summed E-state index contributed by atoms with van der Waals surface area (Å²) in [5.74, 6) is 0.129. The Morgan fingerprint density at radius 2 is 2.28 bits per heavy atom. The van der Waals surface area contributed by atoms with Gasteiger partial charge in [-0.15, -0.1) is 0 Å². The van der Waals surface area contributed by atoms with Gasteiger partial charge in [-0.1, -0.05) is 0 Å². The number of halogens is 1. The molecular formula is C13H19FN2O2. The number of hydrogen-bond acceptors (Lipinski definition) is 3. The summed E-state index contributed by atoms with van der Waals surface area (Å²) in [6, 6.07) is 4.34. The highest BCUT2D eigenvalue weighted by atomic mass is 19.1. The molecule has 1 unspecified atom stereocenters. The zero-order valence-electron chi connectivity index (χ0n) is 10.7. The zero-order chi connectivity index (χ0) is 13.5. The average Bonchev–Trinajstić information content (AvgIpc) is 2.39. The van der Waals surface area contributed by atoms with E-state index in [1.165, 1.54) is 19.2 Å². The summed E-state index contributed by atoms with van der Waals surface area (Å²) < 4.78 is 18.5. The first kappa shape index (κ1) is 14.4. The van der Waals surface area contributed by atoms with E-state index in [4.69, 9.17) is 10.5 Å². The first-order valence-electron chi connectivity index (χ1n) is 5.86. The highest BCUT2D eigenvalue weighted by molar-refractivity contribution is 5.75. The third kappa shape index (κ3) is 3.70. The van der Waals surface area contributed by atoms with Gasteiger partial charge in [0, 0.05) is 24.9 Å². The number of amides is 1. The fourth-order valence-corrected chi connectivity index (χ4v) is 1.85. The molecule has 0 aromatic heterocycles.